The van der Waals surface area contributed by atoms with Crippen LogP contribution in [0.4, 0.5) is 0 Å². The molecule has 0 aliphatic rings. The van der Waals surface area contributed by atoms with Crippen molar-refractivity contribution in [2.75, 3.05) is 27.9 Å². The molecule has 0 saturated carbocycles. The maximum absolute atomic E-state index is 13.5. The van der Waals surface area contributed by atoms with Gasteiger partial charge in [0, 0.05) is 6.54 Å². The molecule has 3 aromatic rings. The molecule has 0 bridgehead atoms. The summed E-state index contributed by atoms with van der Waals surface area (Å²) < 4.78 is 43.8. The predicted octanol–water partition coefficient (Wildman–Crippen LogP) is 3.78. The molecular weight excluding hydrogens is 468 g/mol. The van der Waals surface area contributed by atoms with Crippen molar-refractivity contribution >= 4 is 15.9 Å². The Morgan fingerprint density at radius 2 is 1.54 bits per heavy atom. The van der Waals surface area contributed by atoms with Crippen LogP contribution in [0, 0.1) is 0 Å². The molecule has 186 valence electrons. The van der Waals surface area contributed by atoms with E-state index in [4.69, 9.17) is 14.2 Å². The maximum atomic E-state index is 13.5. The van der Waals surface area contributed by atoms with Crippen LogP contribution < -0.4 is 19.5 Å². The number of ether oxygens (including phenoxy) is 3. The van der Waals surface area contributed by atoms with E-state index < -0.39 is 15.9 Å². The van der Waals surface area contributed by atoms with Crippen LogP contribution in [0.1, 0.15) is 24.1 Å². The Labute approximate surface area is 206 Å². The summed E-state index contributed by atoms with van der Waals surface area (Å²) in [4.78, 5) is 13.1. The zero-order chi connectivity index (χ0) is 25.4. The van der Waals surface area contributed by atoms with Gasteiger partial charge in [0.1, 0.15) is 5.75 Å². The molecule has 8 nitrogen and oxygen atoms in total. The first kappa shape index (κ1) is 26.1. The predicted molar refractivity (Wildman–Crippen MR) is 133 cm³/mol. The fraction of sp³-hybridized carbons (Fsp3) is 0.269. The SMILES string of the molecule is COc1ccc(S(=O)(=O)N(CC(=O)N[C@@H](C)c2ccc(OC)c(OC)c2)Cc2ccccc2)cc1. The summed E-state index contributed by atoms with van der Waals surface area (Å²) in [6.45, 7) is 1.52. The summed E-state index contributed by atoms with van der Waals surface area (Å²) in [5.41, 5.74) is 1.56. The summed E-state index contributed by atoms with van der Waals surface area (Å²) in [5, 5.41) is 2.88. The topological polar surface area (TPSA) is 94.2 Å². The summed E-state index contributed by atoms with van der Waals surface area (Å²) in [5.74, 6) is 1.23. The monoisotopic (exact) mass is 498 g/mol. The number of nitrogens with zero attached hydrogens (tertiary/aromatic N) is 1. The molecule has 0 aliphatic heterocycles. The Hall–Kier alpha value is -3.56. The number of nitrogens with one attached hydrogen (secondary N) is 1. The van der Waals surface area contributed by atoms with E-state index in [0.29, 0.717) is 17.2 Å². The Balaban J connectivity index is 1.82. The highest BCUT2D eigenvalue weighted by Gasteiger charge is 2.27. The Kier molecular flexibility index (Phi) is 8.73. The summed E-state index contributed by atoms with van der Waals surface area (Å²) >= 11 is 0. The van der Waals surface area contributed by atoms with Crippen molar-refractivity contribution in [3.8, 4) is 17.2 Å². The second-order valence-electron chi connectivity index (χ2n) is 7.84. The van der Waals surface area contributed by atoms with Crippen molar-refractivity contribution in [1.29, 1.82) is 0 Å². The summed E-state index contributed by atoms with van der Waals surface area (Å²) in [6.07, 6.45) is 0. The van der Waals surface area contributed by atoms with Crippen molar-refractivity contribution < 1.29 is 27.4 Å². The van der Waals surface area contributed by atoms with Gasteiger partial charge in [-0.15, -0.1) is 0 Å². The first-order chi connectivity index (χ1) is 16.8. The van der Waals surface area contributed by atoms with Gasteiger partial charge in [0.05, 0.1) is 38.8 Å². The van der Waals surface area contributed by atoms with Gasteiger partial charge in [0.2, 0.25) is 15.9 Å². The van der Waals surface area contributed by atoms with Gasteiger partial charge in [-0.25, -0.2) is 8.42 Å². The first-order valence-electron chi connectivity index (χ1n) is 11.0. The van der Waals surface area contributed by atoms with Gasteiger partial charge in [-0.3, -0.25) is 4.79 Å². The lowest BCUT2D eigenvalue weighted by atomic mass is 10.1. The van der Waals surface area contributed by atoms with Gasteiger partial charge >= 0.3 is 0 Å². The van der Waals surface area contributed by atoms with Gasteiger partial charge in [-0.05, 0) is 54.4 Å². The fourth-order valence-electron chi connectivity index (χ4n) is 3.56. The van der Waals surface area contributed by atoms with Crippen molar-refractivity contribution in [3.05, 3.63) is 83.9 Å². The lowest BCUT2D eigenvalue weighted by Gasteiger charge is -2.23. The average molecular weight is 499 g/mol. The number of carbonyl (C=O) groups is 1. The van der Waals surface area contributed by atoms with Crippen molar-refractivity contribution in [2.45, 2.75) is 24.4 Å². The minimum Gasteiger partial charge on any atom is -0.497 e. The number of hydrogen-bond donors (Lipinski definition) is 1. The van der Waals surface area contributed by atoms with Crippen LogP contribution in [-0.4, -0.2) is 46.5 Å². The third kappa shape index (κ3) is 6.52. The normalized spacial score (nSPS) is 12.1. The van der Waals surface area contributed by atoms with Crippen molar-refractivity contribution in [3.63, 3.8) is 0 Å². The van der Waals surface area contributed by atoms with Gasteiger partial charge in [-0.1, -0.05) is 36.4 Å². The van der Waals surface area contributed by atoms with Crippen LogP contribution in [0.3, 0.4) is 0 Å². The van der Waals surface area contributed by atoms with Crippen LogP contribution in [0.25, 0.3) is 0 Å². The van der Waals surface area contributed by atoms with E-state index in [2.05, 4.69) is 5.32 Å². The van der Waals surface area contributed by atoms with Crippen LogP contribution in [-0.2, 0) is 21.4 Å². The zero-order valence-electron chi connectivity index (χ0n) is 20.2. The highest BCUT2D eigenvalue weighted by atomic mass is 32.2. The molecule has 0 spiro atoms. The molecule has 1 atom stereocenters. The molecule has 0 radical (unpaired) electrons. The molecule has 0 aliphatic carbocycles. The molecule has 9 heteroatoms. The maximum Gasteiger partial charge on any atom is 0.243 e. The molecule has 0 aromatic heterocycles. The Morgan fingerprint density at radius 3 is 2.14 bits per heavy atom. The number of hydrogen-bond acceptors (Lipinski definition) is 6. The molecule has 0 unspecified atom stereocenters. The van der Waals surface area contributed by atoms with E-state index in [-0.39, 0.29) is 24.0 Å². The zero-order valence-corrected chi connectivity index (χ0v) is 21.0. The molecule has 3 aromatic carbocycles. The van der Waals surface area contributed by atoms with E-state index in [1.165, 1.54) is 30.7 Å². The second kappa shape index (κ2) is 11.7. The first-order valence-corrected chi connectivity index (χ1v) is 12.4. The van der Waals surface area contributed by atoms with Gasteiger partial charge in [0.25, 0.3) is 0 Å². The lowest BCUT2D eigenvalue weighted by molar-refractivity contribution is -0.122. The summed E-state index contributed by atoms with van der Waals surface area (Å²) in [7, 11) is 0.637. The van der Waals surface area contributed by atoms with Crippen molar-refractivity contribution in [1.82, 2.24) is 9.62 Å². The van der Waals surface area contributed by atoms with Crippen LogP contribution in [0.2, 0.25) is 0 Å². The number of carbonyl (C=O) groups excluding carboxylic acids is 1. The lowest BCUT2D eigenvalue weighted by Crippen LogP contribution is -2.41. The molecular formula is C26H30N2O6S. The second-order valence-corrected chi connectivity index (χ2v) is 9.78. The smallest absolute Gasteiger partial charge is 0.243 e. The largest absolute Gasteiger partial charge is 0.497 e. The van der Waals surface area contributed by atoms with Gasteiger partial charge in [0.15, 0.2) is 11.5 Å². The molecule has 35 heavy (non-hydrogen) atoms. The van der Waals surface area contributed by atoms with Crippen molar-refractivity contribution in [2.24, 2.45) is 0 Å². The number of methoxy groups -OCH3 is 3. The van der Waals surface area contributed by atoms with Crippen LogP contribution in [0.5, 0.6) is 17.2 Å². The Bertz CT molecular complexity index is 1230. The van der Waals surface area contributed by atoms with E-state index in [9.17, 15) is 13.2 Å². The van der Waals surface area contributed by atoms with Gasteiger partial charge < -0.3 is 19.5 Å². The minimum atomic E-state index is -3.96. The third-order valence-electron chi connectivity index (χ3n) is 5.50. The van der Waals surface area contributed by atoms with Crippen LogP contribution >= 0.6 is 0 Å². The molecule has 0 saturated heterocycles. The quantitative estimate of drug-likeness (QED) is 0.432. The standard InChI is InChI=1S/C26H30N2O6S/c1-19(21-10-15-24(33-3)25(16-21)34-4)27-26(29)18-28(17-20-8-6-5-7-9-20)35(30,31)23-13-11-22(32-2)12-14-23/h5-16,19H,17-18H2,1-4H3,(H,27,29)/t19-/m0/s1. The number of rotatable bonds is 11. The Morgan fingerprint density at radius 1 is 0.886 bits per heavy atom. The molecule has 3 rings (SSSR count). The van der Waals surface area contributed by atoms with E-state index >= 15 is 0 Å². The highest BCUT2D eigenvalue weighted by Crippen LogP contribution is 2.30. The van der Waals surface area contributed by atoms with E-state index in [0.717, 1.165) is 11.1 Å². The fourth-order valence-corrected chi connectivity index (χ4v) is 4.95. The molecule has 0 fully saturated rings. The van der Waals surface area contributed by atoms with Crippen LogP contribution in [0.15, 0.2) is 77.7 Å². The minimum absolute atomic E-state index is 0.0490. The van der Waals surface area contributed by atoms with Gasteiger partial charge in [-0.2, -0.15) is 4.31 Å². The van der Waals surface area contributed by atoms with E-state index in [1.807, 2.05) is 43.3 Å². The third-order valence-corrected chi connectivity index (χ3v) is 7.31. The number of benzene rings is 3. The summed E-state index contributed by atoms with van der Waals surface area (Å²) in [6, 6.07) is 20.2. The molecule has 1 N–H and O–H groups in total. The molecule has 1 amide bonds. The average Bonchev–Trinajstić information content (AvgIpc) is 2.88. The number of amides is 1. The highest BCUT2D eigenvalue weighted by molar-refractivity contribution is 7.89. The molecule has 0 heterocycles. The van der Waals surface area contributed by atoms with E-state index in [1.54, 1.807) is 31.4 Å². The number of sulfonamides is 1.